The van der Waals surface area contributed by atoms with E-state index < -0.39 is 19.0 Å². The Morgan fingerprint density at radius 2 is 1.90 bits per heavy atom. The van der Waals surface area contributed by atoms with Gasteiger partial charge in [-0.3, -0.25) is 9.78 Å². The van der Waals surface area contributed by atoms with E-state index in [2.05, 4.69) is 25.5 Å². The van der Waals surface area contributed by atoms with Crippen molar-refractivity contribution in [1.82, 2.24) is 29.5 Å². The zero-order chi connectivity index (χ0) is 21.3. The molecule has 0 saturated heterocycles. The Bertz CT molecular complexity index is 1170. The average molecular weight is 437 g/mol. The van der Waals surface area contributed by atoms with Crippen molar-refractivity contribution in [3.05, 3.63) is 54.1 Å². The summed E-state index contributed by atoms with van der Waals surface area (Å²) in [5.41, 5.74) is 0.693. The topological polar surface area (TPSA) is 90.5 Å². The zero-order valence-corrected chi connectivity index (χ0v) is 15.6. The van der Waals surface area contributed by atoms with E-state index in [4.69, 9.17) is 0 Å². The highest BCUT2D eigenvalue weighted by Crippen LogP contribution is 2.29. The molecule has 4 rings (SSSR count). The highest BCUT2D eigenvalue weighted by Gasteiger charge is 2.20. The summed E-state index contributed by atoms with van der Waals surface area (Å²) >= 11 is 1.05. The van der Waals surface area contributed by atoms with Crippen LogP contribution in [0.3, 0.4) is 0 Å². The molecule has 154 valence electrons. The number of anilines is 1. The van der Waals surface area contributed by atoms with Crippen molar-refractivity contribution < 1.29 is 22.4 Å². The van der Waals surface area contributed by atoms with Gasteiger partial charge < -0.3 is 5.32 Å². The number of hydrogen-bond acceptors (Lipinski definition) is 6. The standard InChI is InChI=1S/C17H11F4N7OS/c18-16(19)27-6-9(5-23-27)15-25-12(8-30-15)14(29)24-11-7-28(17(20)21)26-13(11)10-3-1-2-4-22-10/h1-8,16-17H,(H,24,29). The van der Waals surface area contributed by atoms with Crippen LogP contribution in [0, 0.1) is 0 Å². The molecule has 4 aromatic rings. The molecule has 1 N–H and O–H groups in total. The van der Waals surface area contributed by atoms with Gasteiger partial charge in [0, 0.05) is 23.3 Å². The number of thiazole rings is 1. The molecule has 0 aliphatic rings. The van der Waals surface area contributed by atoms with E-state index in [1.807, 2.05) is 0 Å². The molecule has 13 heteroatoms. The number of amides is 1. The van der Waals surface area contributed by atoms with Gasteiger partial charge in [0.1, 0.15) is 16.4 Å². The van der Waals surface area contributed by atoms with Crippen molar-refractivity contribution in [2.24, 2.45) is 0 Å². The number of hydrogen-bond donors (Lipinski definition) is 1. The Morgan fingerprint density at radius 3 is 2.57 bits per heavy atom. The summed E-state index contributed by atoms with van der Waals surface area (Å²) in [6.45, 7) is -5.70. The lowest BCUT2D eigenvalue weighted by atomic mass is 10.2. The van der Waals surface area contributed by atoms with Crippen LogP contribution in [0.1, 0.15) is 23.6 Å². The van der Waals surface area contributed by atoms with E-state index in [0.29, 0.717) is 25.6 Å². The molecular weight excluding hydrogens is 426 g/mol. The van der Waals surface area contributed by atoms with Crippen LogP contribution in [-0.2, 0) is 0 Å². The second-order valence-electron chi connectivity index (χ2n) is 5.84. The summed E-state index contributed by atoms with van der Waals surface area (Å²) in [4.78, 5) is 20.8. The predicted molar refractivity (Wildman–Crippen MR) is 99.3 cm³/mol. The molecule has 0 atom stereocenters. The summed E-state index contributed by atoms with van der Waals surface area (Å²) < 4.78 is 52.4. The van der Waals surface area contributed by atoms with Crippen LogP contribution in [0.2, 0.25) is 0 Å². The van der Waals surface area contributed by atoms with Crippen molar-refractivity contribution >= 4 is 22.9 Å². The van der Waals surface area contributed by atoms with Crippen molar-refractivity contribution in [2.45, 2.75) is 13.1 Å². The minimum Gasteiger partial charge on any atom is -0.317 e. The number of rotatable bonds is 6. The first-order valence-electron chi connectivity index (χ1n) is 8.30. The number of alkyl halides is 4. The maximum Gasteiger partial charge on any atom is 0.333 e. The quantitative estimate of drug-likeness (QED) is 0.454. The molecule has 0 spiro atoms. The third-order valence-corrected chi connectivity index (χ3v) is 4.76. The SMILES string of the molecule is O=C(Nc1cn(C(F)F)nc1-c1ccccn1)c1csc(-c2cnn(C(F)F)c2)n1. The smallest absolute Gasteiger partial charge is 0.317 e. The van der Waals surface area contributed by atoms with Crippen molar-refractivity contribution in [1.29, 1.82) is 0 Å². The van der Waals surface area contributed by atoms with E-state index in [1.54, 1.807) is 18.2 Å². The normalized spacial score (nSPS) is 11.4. The molecule has 8 nitrogen and oxygen atoms in total. The highest BCUT2D eigenvalue weighted by atomic mass is 32.1. The maximum absolute atomic E-state index is 13.1. The van der Waals surface area contributed by atoms with Crippen LogP contribution in [0.4, 0.5) is 23.2 Å². The molecule has 0 aliphatic heterocycles. The van der Waals surface area contributed by atoms with Gasteiger partial charge in [0.15, 0.2) is 0 Å². The van der Waals surface area contributed by atoms with Gasteiger partial charge >= 0.3 is 13.1 Å². The van der Waals surface area contributed by atoms with Crippen LogP contribution >= 0.6 is 11.3 Å². The predicted octanol–water partition coefficient (Wildman–Crippen LogP) is 4.31. The second kappa shape index (κ2) is 8.02. The molecule has 0 unspecified atom stereocenters. The third kappa shape index (κ3) is 3.91. The first-order chi connectivity index (χ1) is 14.4. The van der Waals surface area contributed by atoms with Gasteiger partial charge in [0.05, 0.1) is 23.8 Å². The van der Waals surface area contributed by atoms with E-state index in [0.717, 1.165) is 23.7 Å². The lowest BCUT2D eigenvalue weighted by Crippen LogP contribution is -2.12. The molecule has 4 aromatic heterocycles. The van der Waals surface area contributed by atoms with Gasteiger partial charge in [-0.05, 0) is 12.1 Å². The molecule has 0 aliphatic carbocycles. The van der Waals surface area contributed by atoms with Crippen molar-refractivity contribution in [2.75, 3.05) is 5.32 Å². The monoisotopic (exact) mass is 437 g/mol. The number of carbonyl (C=O) groups excluding carboxylic acids is 1. The third-order valence-electron chi connectivity index (χ3n) is 3.87. The molecular formula is C17H11F4N7OS. The van der Waals surface area contributed by atoms with Gasteiger partial charge in [-0.2, -0.15) is 27.8 Å². The Kier molecular flexibility index (Phi) is 5.27. The minimum atomic E-state index is -2.91. The largest absolute Gasteiger partial charge is 0.333 e. The van der Waals surface area contributed by atoms with Crippen LogP contribution in [0.5, 0.6) is 0 Å². The first-order valence-corrected chi connectivity index (χ1v) is 9.18. The molecule has 1 amide bonds. The molecule has 0 saturated carbocycles. The summed E-state index contributed by atoms with van der Waals surface area (Å²) in [7, 11) is 0. The van der Waals surface area contributed by atoms with Crippen LogP contribution in [-0.4, -0.2) is 35.4 Å². The molecule has 0 radical (unpaired) electrons. The first kappa shape index (κ1) is 19.7. The minimum absolute atomic E-state index is 0.0171. The number of pyridine rings is 1. The summed E-state index contributed by atoms with van der Waals surface area (Å²) in [6, 6.07) is 4.87. The number of aromatic nitrogens is 6. The fourth-order valence-electron chi connectivity index (χ4n) is 2.53. The molecule has 0 fully saturated rings. The second-order valence-corrected chi connectivity index (χ2v) is 6.70. The lowest BCUT2D eigenvalue weighted by molar-refractivity contribution is 0.0563. The van der Waals surface area contributed by atoms with Crippen molar-refractivity contribution in [3.63, 3.8) is 0 Å². The Hall–Kier alpha value is -3.61. The van der Waals surface area contributed by atoms with Gasteiger partial charge in [-0.15, -0.1) is 11.3 Å². The van der Waals surface area contributed by atoms with E-state index in [-0.39, 0.29) is 17.1 Å². The van der Waals surface area contributed by atoms with Gasteiger partial charge in [0.2, 0.25) is 0 Å². The fourth-order valence-corrected chi connectivity index (χ4v) is 3.30. The fraction of sp³-hybridized carbons (Fsp3) is 0.118. The van der Waals surface area contributed by atoms with E-state index in [1.165, 1.54) is 17.8 Å². The van der Waals surface area contributed by atoms with Gasteiger partial charge in [0.25, 0.3) is 5.91 Å². The van der Waals surface area contributed by atoms with Gasteiger partial charge in [-0.1, -0.05) is 6.07 Å². The molecule has 4 heterocycles. The number of nitrogens with zero attached hydrogens (tertiary/aromatic N) is 6. The van der Waals surface area contributed by atoms with Gasteiger partial charge in [-0.25, -0.2) is 14.3 Å². The lowest BCUT2D eigenvalue weighted by Gasteiger charge is -2.03. The Labute approximate surface area is 169 Å². The highest BCUT2D eigenvalue weighted by molar-refractivity contribution is 7.13. The van der Waals surface area contributed by atoms with Crippen molar-refractivity contribution in [3.8, 4) is 22.0 Å². The zero-order valence-electron chi connectivity index (χ0n) is 14.8. The summed E-state index contributed by atoms with van der Waals surface area (Å²) in [5, 5.41) is 11.5. The molecule has 30 heavy (non-hydrogen) atoms. The average Bonchev–Trinajstić information content (AvgIpc) is 3.47. The van der Waals surface area contributed by atoms with Crippen LogP contribution in [0.25, 0.3) is 22.0 Å². The van der Waals surface area contributed by atoms with Crippen LogP contribution < -0.4 is 5.32 Å². The van der Waals surface area contributed by atoms with E-state index >= 15 is 0 Å². The number of halogens is 4. The summed E-state index contributed by atoms with van der Waals surface area (Å²) in [5.74, 6) is -0.676. The van der Waals surface area contributed by atoms with E-state index in [9.17, 15) is 22.4 Å². The maximum atomic E-state index is 13.1. The molecule has 0 bridgehead atoms. The summed E-state index contributed by atoms with van der Waals surface area (Å²) in [6.07, 6.45) is 4.77. The number of carbonyl (C=O) groups is 1. The Balaban J connectivity index is 1.59. The van der Waals surface area contributed by atoms with Crippen LogP contribution in [0.15, 0.2) is 48.4 Å². The number of nitrogens with one attached hydrogen (secondary N) is 1. The molecule has 0 aromatic carbocycles. The Morgan fingerprint density at radius 1 is 1.10 bits per heavy atom.